The number of allylic oxidation sites excluding steroid dienone is 2. The van der Waals surface area contributed by atoms with Crippen LogP contribution in [0.3, 0.4) is 0 Å². The fraction of sp³-hybridized carbons (Fsp3) is 0.720. The monoisotopic (exact) mass is 414 g/mol. The van der Waals surface area contributed by atoms with Gasteiger partial charge in [0.2, 0.25) is 0 Å². The van der Waals surface area contributed by atoms with Gasteiger partial charge in [-0.1, -0.05) is 25.5 Å². The van der Waals surface area contributed by atoms with Gasteiger partial charge in [0.15, 0.2) is 5.78 Å². The smallest absolute Gasteiger partial charge is 0.302 e. The summed E-state index contributed by atoms with van der Waals surface area (Å²) in [5.74, 6) is 0.539. The van der Waals surface area contributed by atoms with Crippen LogP contribution in [0.1, 0.15) is 66.2 Å². The highest BCUT2D eigenvalue weighted by molar-refractivity contribution is 5.91. The molecule has 3 fully saturated rings. The Hall–Kier alpha value is -1.91. The molecule has 0 aromatic carbocycles. The number of ether oxygens (including phenoxy) is 2. The summed E-state index contributed by atoms with van der Waals surface area (Å²) in [5, 5.41) is 0. The van der Waals surface area contributed by atoms with E-state index in [1.54, 1.807) is 0 Å². The number of esters is 2. The summed E-state index contributed by atoms with van der Waals surface area (Å²) in [6.07, 6.45) is 8.17. The molecule has 4 aliphatic rings. The molecule has 0 aliphatic heterocycles. The molecule has 0 amide bonds. The Labute approximate surface area is 179 Å². The second kappa shape index (κ2) is 7.35. The highest BCUT2D eigenvalue weighted by Gasteiger charge is 2.65. The van der Waals surface area contributed by atoms with Crippen LogP contribution < -0.4 is 0 Å². The van der Waals surface area contributed by atoms with Crippen molar-refractivity contribution in [3.8, 4) is 0 Å². The lowest BCUT2D eigenvalue weighted by Crippen LogP contribution is -2.59. The van der Waals surface area contributed by atoms with Crippen molar-refractivity contribution in [2.45, 2.75) is 78.4 Å². The van der Waals surface area contributed by atoms with Gasteiger partial charge in [-0.15, -0.1) is 6.58 Å². The molecule has 0 radical (unpaired) electrons. The molecular weight excluding hydrogens is 380 g/mol. The number of hydrogen-bond acceptors (Lipinski definition) is 5. The Morgan fingerprint density at radius 2 is 1.77 bits per heavy atom. The van der Waals surface area contributed by atoms with Crippen molar-refractivity contribution in [1.82, 2.24) is 0 Å². The molecule has 0 aromatic rings. The first-order chi connectivity index (χ1) is 14.1. The van der Waals surface area contributed by atoms with Crippen molar-refractivity contribution in [1.29, 1.82) is 0 Å². The normalized spacial score (nSPS) is 44.8. The molecule has 3 saturated carbocycles. The van der Waals surface area contributed by atoms with E-state index >= 15 is 0 Å². The van der Waals surface area contributed by atoms with Gasteiger partial charge in [0.25, 0.3) is 0 Å². The molecule has 0 N–H and O–H groups in total. The van der Waals surface area contributed by atoms with Gasteiger partial charge in [-0.2, -0.15) is 0 Å². The summed E-state index contributed by atoms with van der Waals surface area (Å²) in [7, 11) is 0. The number of ketones is 1. The zero-order valence-corrected chi connectivity index (χ0v) is 18.6. The highest BCUT2D eigenvalue weighted by Crippen LogP contribution is 2.67. The molecule has 8 atom stereocenters. The number of carbonyl (C=O) groups is 3. The molecule has 4 aliphatic carbocycles. The van der Waals surface area contributed by atoms with Crippen LogP contribution in [0.15, 0.2) is 24.3 Å². The first kappa shape index (κ1) is 21.3. The maximum Gasteiger partial charge on any atom is 0.302 e. The topological polar surface area (TPSA) is 69.7 Å². The molecule has 0 spiro atoms. The molecular formula is C25H34O5. The van der Waals surface area contributed by atoms with Crippen molar-refractivity contribution >= 4 is 17.7 Å². The van der Waals surface area contributed by atoms with E-state index in [-0.39, 0.29) is 64.4 Å². The van der Waals surface area contributed by atoms with Crippen molar-refractivity contribution in [2.75, 3.05) is 0 Å². The summed E-state index contributed by atoms with van der Waals surface area (Å²) in [5.41, 5.74) is 0.916. The number of rotatable bonds is 3. The molecule has 164 valence electrons. The minimum atomic E-state index is -0.253. The van der Waals surface area contributed by atoms with Crippen molar-refractivity contribution < 1.29 is 23.9 Å². The van der Waals surface area contributed by atoms with E-state index < -0.39 is 0 Å². The lowest BCUT2D eigenvalue weighted by Gasteiger charge is -2.60. The fourth-order valence-corrected chi connectivity index (χ4v) is 7.76. The van der Waals surface area contributed by atoms with Crippen LogP contribution in [0.5, 0.6) is 0 Å². The van der Waals surface area contributed by atoms with Crippen molar-refractivity contribution in [2.24, 2.45) is 34.5 Å². The second-order valence-electron chi connectivity index (χ2n) is 10.4. The van der Waals surface area contributed by atoms with Crippen LogP contribution in [-0.2, 0) is 23.9 Å². The van der Waals surface area contributed by atoms with E-state index in [9.17, 15) is 14.4 Å². The van der Waals surface area contributed by atoms with Crippen LogP contribution >= 0.6 is 0 Å². The van der Waals surface area contributed by atoms with Gasteiger partial charge in [-0.25, -0.2) is 0 Å². The average molecular weight is 415 g/mol. The van der Waals surface area contributed by atoms with Gasteiger partial charge in [0.1, 0.15) is 12.2 Å². The van der Waals surface area contributed by atoms with E-state index in [0.717, 1.165) is 32.1 Å². The molecule has 0 bridgehead atoms. The standard InChI is InChI=1S/C25H34O5/c1-6-16-12-20(29-14(2)26)22-19-8-7-17-11-18(28)9-10-24(17,4)23(19)21(30-15(3)27)13-25(16,22)5/h6,11,16,19-23H,1,7-10,12-13H2,2-5H3. The van der Waals surface area contributed by atoms with E-state index in [1.807, 2.05) is 12.2 Å². The predicted molar refractivity (Wildman–Crippen MR) is 112 cm³/mol. The second-order valence-corrected chi connectivity index (χ2v) is 10.4. The van der Waals surface area contributed by atoms with Gasteiger partial charge < -0.3 is 9.47 Å². The van der Waals surface area contributed by atoms with Crippen LogP contribution in [0.25, 0.3) is 0 Å². The van der Waals surface area contributed by atoms with Crippen molar-refractivity contribution in [3.63, 3.8) is 0 Å². The van der Waals surface area contributed by atoms with Gasteiger partial charge in [0.05, 0.1) is 0 Å². The van der Waals surface area contributed by atoms with E-state index in [2.05, 4.69) is 20.4 Å². The van der Waals surface area contributed by atoms with Gasteiger partial charge in [0, 0.05) is 32.1 Å². The van der Waals surface area contributed by atoms with Gasteiger partial charge in [-0.3, -0.25) is 14.4 Å². The molecule has 8 unspecified atom stereocenters. The summed E-state index contributed by atoms with van der Waals surface area (Å²) >= 11 is 0. The molecule has 0 heterocycles. The van der Waals surface area contributed by atoms with Crippen LogP contribution in [0, 0.1) is 34.5 Å². The third kappa shape index (κ3) is 3.16. The molecule has 4 rings (SSSR count). The summed E-state index contributed by atoms with van der Waals surface area (Å²) in [4.78, 5) is 36.1. The Kier molecular flexibility index (Phi) is 5.22. The fourth-order valence-electron chi connectivity index (χ4n) is 7.76. The van der Waals surface area contributed by atoms with E-state index in [4.69, 9.17) is 9.47 Å². The maximum atomic E-state index is 12.1. The SMILES string of the molecule is C=CC1CC(OC(C)=O)C2C3CCC4=CC(=O)CCC4(C)C3C(OC(C)=O)CC12C. The Morgan fingerprint density at radius 1 is 1.10 bits per heavy atom. The maximum absolute atomic E-state index is 12.1. The molecule has 30 heavy (non-hydrogen) atoms. The third-order valence-corrected chi connectivity index (χ3v) is 8.82. The minimum Gasteiger partial charge on any atom is -0.462 e. The summed E-state index contributed by atoms with van der Waals surface area (Å²) < 4.78 is 11.9. The lowest BCUT2D eigenvalue weighted by molar-refractivity contribution is -0.183. The minimum absolute atomic E-state index is 0.134. The quantitative estimate of drug-likeness (QED) is 0.506. The molecule has 5 nitrogen and oxygen atoms in total. The summed E-state index contributed by atoms with van der Waals surface area (Å²) in [6.45, 7) is 11.6. The Balaban J connectivity index is 1.80. The molecule has 0 aromatic heterocycles. The van der Waals surface area contributed by atoms with Gasteiger partial charge >= 0.3 is 11.9 Å². The van der Waals surface area contributed by atoms with Gasteiger partial charge in [-0.05, 0) is 60.8 Å². The molecule has 5 heteroatoms. The third-order valence-electron chi connectivity index (χ3n) is 8.82. The highest BCUT2D eigenvalue weighted by atomic mass is 16.5. The van der Waals surface area contributed by atoms with E-state index in [1.165, 1.54) is 19.4 Å². The number of carbonyl (C=O) groups excluding carboxylic acids is 3. The molecule has 0 saturated heterocycles. The number of fused-ring (bicyclic) bond motifs is 5. The predicted octanol–water partition coefficient (Wildman–Crippen LogP) is 4.40. The Bertz CT molecular complexity index is 812. The van der Waals surface area contributed by atoms with E-state index in [0.29, 0.717) is 6.42 Å². The first-order valence-corrected chi connectivity index (χ1v) is 11.3. The first-order valence-electron chi connectivity index (χ1n) is 11.3. The summed E-state index contributed by atoms with van der Waals surface area (Å²) in [6, 6.07) is 0. The zero-order valence-electron chi connectivity index (χ0n) is 18.6. The van der Waals surface area contributed by atoms with Crippen LogP contribution in [0.2, 0.25) is 0 Å². The Morgan fingerprint density at radius 3 is 2.40 bits per heavy atom. The van der Waals surface area contributed by atoms with Crippen molar-refractivity contribution in [3.05, 3.63) is 24.3 Å². The average Bonchev–Trinajstić information content (AvgIpc) is 2.92. The largest absolute Gasteiger partial charge is 0.462 e. The van der Waals surface area contributed by atoms with Crippen LogP contribution in [-0.4, -0.2) is 29.9 Å². The lowest BCUT2D eigenvalue weighted by atomic mass is 9.45. The van der Waals surface area contributed by atoms with Crippen LogP contribution in [0.4, 0.5) is 0 Å². The zero-order chi connectivity index (χ0) is 21.8. The number of hydrogen-bond donors (Lipinski definition) is 0.